The minimum absolute atomic E-state index is 0.0874. The van der Waals surface area contributed by atoms with Gasteiger partial charge in [-0.1, -0.05) is 13.0 Å². The summed E-state index contributed by atoms with van der Waals surface area (Å²) in [7, 11) is 0. The molecule has 1 unspecified atom stereocenters. The number of nitrogens with two attached hydrogens (primary N) is 1. The van der Waals surface area contributed by atoms with Gasteiger partial charge in [-0.05, 0) is 43.2 Å². The number of rotatable bonds is 6. The first kappa shape index (κ1) is 18.9. The first-order valence-corrected chi connectivity index (χ1v) is 7.96. The number of benzene rings is 2. The Bertz CT molecular complexity index is 833. The lowest BCUT2D eigenvalue weighted by Crippen LogP contribution is -2.30. The monoisotopic (exact) mass is 357 g/mol. The van der Waals surface area contributed by atoms with E-state index in [-0.39, 0.29) is 11.3 Å². The maximum atomic E-state index is 12.2. The van der Waals surface area contributed by atoms with Gasteiger partial charge in [0.15, 0.2) is 6.10 Å². The number of nitrogens with zero attached hydrogens (tertiary/aromatic N) is 1. The fraction of sp³-hybridized carbons (Fsp3) is 0.222. The fourth-order valence-corrected chi connectivity index (χ4v) is 2.24. The molecule has 1 atom stereocenters. The number of anilines is 2. The van der Waals surface area contributed by atoms with Crippen LogP contribution in [0.15, 0.2) is 42.5 Å². The Kier molecular flexibility index (Phi) is 5.90. The molecule has 0 aliphatic rings. The molecule has 0 aromatic heterocycles. The molecule has 0 saturated heterocycles. The second kappa shape index (κ2) is 8.11. The normalized spacial score (nSPS) is 11.5. The molecule has 0 spiro atoms. The molecule has 0 bridgehead atoms. The third kappa shape index (κ3) is 4.56. The molecule has 0 fully saturated rings. The molecule has 8 nitrogen and oxygen atoms in total. The molecule has 3 N–H and O–H groups in total. The zero-order valence-corrected chi connectivity index (χ0v) is 14.4. The lowest BCUT2D eigenvalue weighted by molar-refractivity contribution is -0.384. The van der Waals surface area contributed by atoms with Gasteiger partial charge in [-0.3, -0.25) is 14.9 Å². The summed E-state index contributed by atoms with van der Waals surface area (Å²) in [5, 5.41) is 13.1. The van der Waals surface area contributed by atoms with Crippen molar-refractivity contribution in [1.82, 2.24) is 0 Å². The highest BCUT2D eigenvalue weighted by atomic mass is 16.6. The number of nitrogens with one attached hydrogen (secondary N) is 1. The minimum Gasteiger partial charge on any atom is -0.449 e. The number of amides is 1. The van der Waals surface area contributed by atoms with Crippen LogP contribution in [0.2, 0.25) is 0 Å². The van der Waals surface area contributed by atoms with Crippen LogP contribution in [0.25, 0.3) is 0 Å². The van der Waals surface area contributed by atoms with Crippen molar-refractivity contribution in [1.29, 1.82) is 0 Å². The van der Waals surface area contributed by atoms with E-state index in [4.69, 9.17) is 10.5 Å². The van der Waals surface area contributed by atoms with Crippen LogP contribution >= 0.6 is 0 Å². The van der Waals surface area contributed by atoms with Crippen LogP contribution in [0, 0.1) is 10.1 Å². The summed E-state index contributed by atoms with van der Waals surface area (Å²) < 4.78 is 5.15. The highest BCUT2D eigenvalue weighted by Crippen LogP contribution is 2.18. The van der Waals surface area contributed by atoms with Crippen LogP contribution in [0.1, 0.15) is 29.8 Å². The van der Waals surface area contributed by atoms with Gasteiger partial charge >= 0.3 is 5.97 Å². The molecular weight excluding hydrogens is 338 g/mol. The maximum Gasteiger partial charge on any atom is 0.338 e. The molecule has 0 saturated carbocycles. The third-order valence-electron chi connectivity index (χ3n) is 3.76. The number of ether oxygens (including phenoxy) is 1. The number of carbonyl (C=O) groups is 2. The van der Waals surface area contributed by atoms with E-state index in [1.807, 2.05) is 6.92 Å². The number of hydrogen-bond acceptors (Lipinski definition) is 6. The predicted octanol–water partition coefficient (Wildman–Crippen LogP) is 2.92. The van der Waals surface area contributed by atoms with Crippen molar-refractivity contribution in [3.05, 3.63) is 63.7 Å². The number of nitro groups is 1. The lowest BCUT2D eigenvalue weighted by Gasteiger charge is -2.14. The van der Waals surface area contributed by atoms with E-state index in [0.29, 0.717) is 11.4 Å². The second-order valence-electron chi connectivity index (χ2n) is 5.61. The molecular formula is C18H19N3O5. The third-order valence-corrected chi connectivity index (χ3v) is 3.76. The van der Waals surface area contributed by atoms with Crippen LogP contribution in [-0.4, -0.2) is 22.9 Å². The van der Waals surface area contributed by atoms with Crippen LogP contribution < -0.4 is 11.1 Å². The van der Waals surface area contributed by atoms with Gasteiger partial charge in [0.1, 0.15) is 0 Å². The van der Waals surface area contributed by atoms with E-state index < -0.39 is 22.9 Å². The second-order valence-corrected chi connectivity index (χ2v) is 5.61. The van der Waals surface area contributed by atoms with Crippen molar-refractivity contribution in [3.8, 4) is 0 Å². The molecule has 0 heterocycles. The summed E-state index contributed by atoms with van der Waals surface area (Å²) in [4.78, 5) is 34.3. The van der Waals surface area contributed by atoms with Crippen LogP contribution in [0.3, 0.4) is 0 Å². The first-order chi connectivity index (χ1) is 12.3. The number of nitrogen functional groups attached to an aromatic ring is 1. The lowest BCUT2D eigenvalue weighted by atomic mass is 10.1. The minimum atomic E-state index is -1.05. The van der Waals surface area contributed by atoms with Crippen molar-refractivity contribution < 1.29 is 19.2 Å². The maximum absolute atomic E-state index is 12.2. The van der Waals surface area contributed by atoms with Crippen LogP contribution in [0.5, 0.6) is 0 Å². The molecule has 0 aliphatic carbocycles. The number of esters is 1. The summed E-state index contributed by atoms with van der Waals surface area (Å²) in [5.41, 5.74) is 7.81. The molecule has 136 valence electrons. The number of non-ortho nitro benzene ring substituents is 1. The average Bonchev–Trinajstić information content (AvgIpc) is 2.61. The molecule has 2 rings (SSSR count). The highest BCUT2D eigenvalue weighted by molar-refractivity contribution is 5.97. The SMILES string of the molecule is CCc1ccc(C(=O)OC(C)C(=O)Nc2ccc([N+](=O)[O-])cc2)cc1N. The number of aryl methyl sites for hydroxylation is 1. The van der Waals surface area contributed by atoms with Crippen molar-refractivity contribution >= 4 is 28.9 Å². The molecule has 2 aromatic rings. The van der Waals surface area contributed by atoms with E-state index in [2.05, 4.69) is 5.32 Å². The summed E-state index contributed by atoms with van der Waals surface area (Å²) in [6.45, 7) is 3.39. The van der Waals surface area contributed by atoms with E-state index >= 15 is 0 Å². The topological polar surface area (TPSA) is 125 Å². The van der Waals surface area contributed by atoms with Crippen molar-refractivity contribution in [2.75, 3.05) is 11.1 Å². The summed E-state index contributed by atoms with van der Waals surface area (Å²) in [5.74, 6) is -1.21. The fourth-order valence-electron chi connectivity index (χ4n) is 2.24. The average molecular weight is 357 g/mol. The Labute approximate surface area is 150 Å². The summed E-state index contributed by atoms with van der Waals surface area (Å²) >= 11 is 0. The Morgan fingerprint density at radius 2 is 1.88 bits per heavy atom. The Hall–Kier alpha value is -3.42. The van der Waals surface area contributed by atoms with Crippen LogP contribution in [0.4, 0.5) is 17.1 Å². The van der Waals surface area contributed by atoms with E-state index in [1.165, 1.54) is 37.3 Å². The first-order valence-electron chi connectivity index (χ1n) is 7.96. The van der Waals surface area contributed by atoms with Gasteiger partial charge in [-0.25, -0.2) is 4.79 Å². The molecule has 0 aliphatic heterocycles. The van der Waals surface area contributed by atoms with Gasteiger partial charge in [0.05, 0.1) is 10.5 Å². The van der Waals surface area contributed by atoms with Gasteiger partial charge in [0.2, 0.25) is 0 Å². The van der Waals surface area contributed by atoms with Crippen molar-refractivity contribution in [3.63, 3.8) is 0 Å². The van der Waals surface area contributed by atoms with E-state index in [9.17, 15) is 19.7 Å². The zero-order chi connectivity index (χ0) is 19.3. The number of nitro benzene ring substituents is 1. The smallest absolute Gasteiger partial charge is 0.338 e. The molecule has 2 aromatic carbocycles. The Morgan fingerprint density at radius 1 is 1.23 bits per heavy atom. The number of carbonyl (C=O) groups excluding carboxylic acids is 2. The largest absolute Gasteiger partial charge is 0.449 e. The van der Waals surface area contributed by atoms with E-state index in [1.54, 1.807) is 12.1 Å². The van der Waals surface area contributed by atoms with Gasteiger partial charge < -0.3 is 15.8 Å². The number of hydrogen-bond donors (Lipinski definition) is 2. The van der Waals surface area contributed by atoms with Crippen molar-refractivity contribution in [2.45, 2.75) is 26.4 Å². The quantitative estimate of drug-likeness (QED) is 0.354. The Morgan fingerprint density at radius 3 is 2.42 bits per heavy atom. The predicted molar refractivity (Wildman–Crippen MR) is 96.8 cm³/mol. The molecule has 8 heteroatoms. The van der Waals surface area contributed by atoms with Crippen LogP contribution in [-0.2, 0) is 16.0 Å². The zero-order valence-electron chi connectivity index (χ0n) is 14.4. The Balaban J connectivity index is 1.98. The standard InChI is InChI=1S/C18H19N3O5/c1-3-12-4-5-13(10-16(12)19)18(23)26-11(2)17(22)20-14-6-8-15(9-7-14)21(24)25/h4-11H,3,19H2,1-2H3,(H,20,22). The summed E-state index contributed by atoms with van der Waals surface area (Å²) in [6.07, 6.45) is -0.306. The van der Waals surface area contributed by atoms with Crippen molar-refractivity contribution in [2.24, 2.45) is 0 Å². The van der Waals surface area contributed by atoms with Gasteiger partial charge in [0, 0.05) is 23.5 Å². The summed E-state index contributed by atoms with van der Waals surface area (Å²) in [6, 6.07) is 10.2. The molecule has 26 heavy (non-hydrogen) atoms. The highest BCUT2D eigenvalue weighted by Gasteiger charge is 2.20. The van der Waals surface area contributed by atoms with Gasteiger partial charge in [0.25, 0.3) is 11.6 Å². The van der Waals surface area contributed by atoms with Gasteiger partial charge in [-0.2, -0.15) is 0 Å². The molecule has 0 radical (unpaired) electrons. The van der Waals surface area contributed by atoms with Gasteiger partial charge in [-0.15, -0.1) is 0 Å². The molecule has 1 amide bonds. The van der Waals surface area contributed by atoms with E-state index in [0.717, 1.165) is 12.0 Å².